The Morgan fingerprint density at radius 3 is 2.31 bits per heavy atom. The Morgan fingerprint density at radius 2 is 1.73 bits per heavy atom. The Bertz CT molecular complexity index is 667. The zero-order chi connectivity index (χ0) is 19.1. The summed E-state index contributed by atoms with van der Waals surface area (Å²) in [6.45, 7) is -0.599. The Hall–Kier alpha value is -1.99. The second-order valence-electron chi connectivity index (χ2n) is 5.91. The number of benzene rings is 1. The van der Waals surface area contributed by atoms with Crippen molar-refractivity contribution >= 4 is 41.1 Å². The largest absolute Gasteiger partial charge is 0.494 e. The lowest BCUT2D eigenvalue weighted by Crippen LogP contribution is -2.46. The first-order valence-corrected chi connectivity index (χ1v) is 8.96. The number of hydrogen-bond acceptors (Lipinski definition) is 5. The van der Waals surface area contributed by atoms with E-state index in [0.29, 0.717) is 0 Å². The van der Waals surface area contributed by atoms with Gasteiger partial charge in [-0.1, -0.05) is 42.5 Å². The van der Waals surface area contributed by atoms with E-state index >= 15 is 0 Å². The molecule has 2 rings (SSSR count). The summed E-state index contributed by atoms with van der Waals surface area (Å²) in [6, 6.07) is 2.13. The Labute approximate surface area is 161 Å². The normalized spacial score (nSPS) is 14.4. The van der Waals surface area contributed by atoms with Crippen molar-refractivity contribution in [2.45, 2.75) is 38.1 Å². The molecule has 9 heteroatoms. The number of urea groups is 1. The van der Waals surface area contributed by atoms with Crippen LogP contribution >= 0.6 is 23.2 Å². The van der Waals surface area contributed by atoms with Gasteiger partial charge in [0.15, 0.2) is 12.4 Å². The molecule has 1 aromatic rings. The summed E-state index contributed by atoms with van der Waals surface area (Å²) in [5.41, 5.74) is 0.0697. The van der Waals surface area contributed by atoms with Crippen molar-refractivity contribution in [2.75, 3.05) is 13.7 Å². The van der Waals surface area contributed by atoms with E-state index in [1.807, 2.05) is 0 Å². The van der Waals surface area contributed by atoms with Gasteiger partial charge in [0.25, 0.3) is 5.91 Å². The molecule has 1 saturated carbocycles. The molecule has 2 N–H and O–H groups in total. The molecule has 26 heavy (non-hydrogen) atoms. The zero-order valence-electron chi connectivity index (χ0n) is 14.3. The number of rotatable bonds is 5. The molecule has 0 atom stereocenters. The van der Waals surface area contributed by atoms with Crippen molar-refractivity contribution in [1.29, 1.82) is 0 Å². The van der Waals surface area contributed by atoms with E-state index in [-0.39, 0.29) is 27.4 Å². The molecule has 0 bridgehead atoms. The van der Waals surface area contributed by atoms with Gasteiger partial charge in [-0.25, -0.2) is 9.59 Å². The smallest absolute Gasteiger partial charge is 0.338 e. The van der Waals surface area contributed by atoms with Gasteiger partial charge in [-0.15, -0.1) is 0 Å². The number of halogens is 2. The highest BCUT2D eigenvalue weighted by molar-refractivity contribution is 6.37. The van der Waals surface area contributed by atoms with Crippen LogP contribution in [0, 0.1) is 0 Å². The third-order valence-corrected chi connectivity index (χ3v) is 4.53. The molecule has 7 nitrogen and oxygen atoms in total. The number of hydrogen-bond donors (Lipinski definition) is 2. The van der Waals surface area contributed by atoms with Gasteiger partial charge in [-0.3, -0.25) is 10.1 Å². The second-order valence-corrected chi connectivity index (χ2v) is 6.72. The van der Waals surface area contributed by atoms with Crippen LogP contribution in [0.2, 0.25) is 10.0 Å². The zero-order valence-corrected chi connectivity index (χ0v) is 15.8. The molecule has 1 fully saturated rings. The first-order chi connectivity index (χ1) is 12.4. The minimum Gasteiger partial charge on any atom is -0.494 e. The molecule has 1 aromatic carbocycles. The minimum absolute atomic E-state index is 0.0697. The SMILES string of the molecule is COc1c(Cl)cc(C(=O)OCC(=O)NC(=O)NC2CCCCC2)cc1Cl. The second kappa shape index (κ2) is 9.64. The number of carbonyl (C=O) groups is 3. The quantitative estimate of drug-likeness (QED) is 0.736. The summed E-state index contributed by atoms with van der Waals surface area (Å²) in [5.74, 6) is -1.28. The van der Waals surface area contributed by atoms with Crippen LogP contribution in [0.3, 0.4) is 0 Å². The Morgan fingerprint density at radius 1 is 1.12 bits per heavy atom. The number of nitrogens with one attached hydrogen (secondary N) is 2. The van der Waals surface area contributed by atoms with Crippen LogP contribution in [0.5, 0.6) is 5.75 Å². The van der Waals surface area contributed by atoms with Crippen molar-refractivity contribution in [2.24, 2.45) is 0 Å². The number of methoxy groups -OCH3 is 1. The summed E-state index contributed by atoms with van der Waals surface area (Å²) in [4.78, 5) is 35.5. The first-order valence-electron chi connectivity index (χ1n) is 8.21. The maximum atomic E-state index is 12.0. The molecule has 3 amide bonds. The highest BCUT2D eigenvalue weighted by atomic mass is 35.5. The van der Waals surface area contributed by atoms with E-state index in [0.717, 1.165) is 32.1 Å². The predicted octanol–water partition coefficient (Wildman–Crippen LogP) is 3.32. The summed E-state index contributed by atoms with van der Waals surface area (Å²) in [5, 5.41) is 5.16. The maximum absolute atomic E-state index is 12.0. The van der Waals surface area contributed by atoms with Gasteiger partial charge >= 0.3 is 12.0 Å². The standard InChI is InChI=1S/C17H20Cl2N2O5/c1-25-15-12(18)7-10(8-13(15)19)16(23)26-9-14(22)21-17(24)20-11-5-3-2-4-6-11/h7-8,11H,2-6,9H2,1H3,(H2,20,21,22,24). The summed E-state index contributed by atoms with van der Waals surface area (Å²) in [6.07, 6.45) is 5.08. The topological polar surface area (TPSA) is 93.7 Å². The van der Waals surface area contributed by atoms with E-state index in [1.54, 1.807) is 0 Å². The third-order valence-electron chi connectivity index (χ3n) is 3.97. The van der Waals surface area contributed by atoms with Gasteiger partial charge < -0.3 is 14.8 Å². The molecular formula is C17H20Cl2N2O5. The van der Waals surface area contributed by atoms with E-state index in [2.05, 4.69) is 10.6 Å². The molecule has 0 aromatic heterocycles. The predicted molar refractivity (Wildman–Crippen MR) is 96.8 cm³/mol. The van der Waals surface area contributed by atoms with Crippen molar-refractivity contribution in [3.05, 3.63) is 27.7 Å². The van der Waals surface area contributed by atoms with Crippen LogP contribution in [0.25, 0.3) is 0 Å². The molecule has 0 heterocycles. The van der Waals surface area contributed by atoms with Crippen LogP contribution in [-0.4, -0.2) is 37.7 Å². The minimum atomic E-state index is -0.792. The highest BCUT2D eigenvalue weighted by Crippen LogP contribution is 2.33. The van der Waals surface area contributed by atoms with Gasteiger partial charge in [0.1, 0.15) is 0 Å². The summed E-state index contributed by atoms with van der Waals surface area (Å²) < 4.78 is 9.87. The summed E-state index contributed by atoms with van der Waals surface area (Å²) in [7, 11) is 1.40. The van der Waals surface area contributed by atoms with Crippen molar-refractivity contribution in [1.82, 2.24) is 10.6 Å². The molecule has 0 saturated heterocycles. The van der Waals surface area contributed by atoms with Gasteiger partial charge in [0.05, 0.1) is 22.7 Å². The van der Waals surface area contributed by atoms with E-state index in [1.165, 1.54) is 19.2 Å². The lowest BCUT2D eigenvalue weighted by Gasteiger charge is -2.22. The van der Waals surface area contributed by atoms with Gasteiger partial charge in [0, 0.05) is 6.04 Å². The monoisotopic (exact) mass is 402 g/mol. The van der Waals surface area contributed by atoms with Crippen LogP contribution in [-0.2, 0) is 9.53 Å². The van der Waals surface area contributed by atoms with Crippen LogP contribution in [0.1, 0.15) is 42.5 Å². The number of ether oxygens (including phenoxy) is 2. The lowest BCUT2D eigenvalue weighted by atomic mass is 9.96. The Kier molecular flexibility index (Phi) is 7.53. The average Bonchev–Trinajstić information content (AvgIpc) is 2.60. The van der Waals surface area contributed by atoms with Crippen molar-refractivity contribution < 1.29 is 23.9 Å². The van der Waals surface area contributed by atoms with E-state index in [9.17, 15) is 14.4 Å². The van der Waals surface area contributed by atoms with Gasteiger partial charge in [-0.2, -0.15) is 0 Å². The fraction of sp³-hybridized carbons (Fsp3) is 0.471. The fourth-order valence-electron chi connectivity index (χ4n) is 2.72. The molecule has 0 spiro atoms. The van der Waals surface area contributed by atoms with Gasteiger partial charge in [-0.05, 0) is 25.0 Å². The molecule has 1 aliphatic rings. The number of amides is 3. The number of esters is 1. The average molecular weight is 403 g/mol. The molecule has 142 valence electrons. The summed E-state index contributed by atoms with van der Waals surface area (Å²) >= 11 is 11.9. The molecule has 0 radical (unpaired) electrons. The van der Waals surface area contributed by atoms with Crippen LogP contribution in [0.15, 0.2) is 12.1 Å². The van der Waals surface area contributed by atoms with Crippen LogP contribution in [0.4, 0.5) is 4.79 Å². The van der Waals surface area contributed by atoms with Crippen LogP contribution < -0.4 is 15.4 Å². The maximum Gasteiger partial charge on any atom is 0.338 e. The highest BCUT2D eigenvalue weighted by Gasteiger charge is 2.19. The lowest BCUT2D eigenvalue weighted by molar-refractivity contribution is -0.123. The molecule has 0 unspecified atom stereocenters. The molecule has 0 aliphatic heterocycles. The van der Waals surface area contributed by atoms with Crippen molar-refractivity contribution in [3.63, 3.8) is 0 Å². The van der Waals surface area contributed by atoms with E-state index < -0.39 is 24.5 Å². The van der Waals surface area contributed by atoms with E-state index in [4.69, 9.17) is 32.7 Å². The fourth-order valence-corrected chi connectivity index (χ4v) is 3.36. The molecular weight excluding hydrogens is 383 g/mol. The first kappa shape index (κ1) is 20.3. The van der Waals surface area contributed by atoms with Gasteiger partial charge in [0.2, 0.25) is 0 Å². The number of imide groups is 1. The van der Waals surface area contributed by atoms with Crippen molar-refractivity contribution in [3.8, 4) is 5.75 Å². The number of carbonyl (C=O) groups excluding carboxylic acids is 3. The molecule has 1 aliphatic carbocycles. The Balaban J connectivity index is 1.81. The third kappa shape index (κ3) is 5.78.